The van der Waals surface area contributed by atoms with Crippen molar-refractivity contribution in [1.82, 2.24) is 5.32 Å². The molecule has 0 aromatic carbocycles. The molecule has 0 amide bonds. The van der Waals surface area contributed by atoms with Gasteiger partial charge in [-0.25, -0.2) is 0 Å². The Kier molecular flexibility index (Phi) is 4.65. The molecule has 0 aliphatic heterocycles. The van der Waals surface area contributed by atoms with E-state index in [1.165, 1.54) is 0 Å². The van der Waals surface area contributed by atoms with Crippen LogP contribution < -0.4 is 5.32 Å². The third-order valence-electron chi connectivity index (χ3n) is 1.71. The molecule has 0 rings (SSSR count). The van der Waals surface area contributed by atoms with E-state index in [9.17, 15) is 0 Å². The number of rotatable bonds is 5. The summed E-state index contributed by atoms with van der Waals surface area (Å²) in [5, 5.41) is 12.0. The van der Waals surface area contributed by atoms with Crippen molar-refractivity contribution < 1.29 is 5.11 Å². The summed E-state index contributed by atoms with van der Waals surface area (Å²) >= 11 is 0. The zero-order valence-electron chi connectivity index (χ0n) is 7.28. The molecule has 2 N–H and O–H groups in total. The van der Waals surface area contributed by atoms with Crippen molar-refractivity contribution in [2.75, 3.05) is 20.2 Å². The van der Waals surface area contributed by atoms with E-state index in [0.29, 0.717) is 0 Å². The Morgan fingerprint density at radius 2 is 2.00 bits per heavy atom. The molecular weight excluding hydrogens is 126 g/mol. The van der Waals surface area contributed by atoms with Gasteiger partial charge >= 0.3 is 0 Å². The molecule has 0 bridgehead atoms. The van der Waals surface area contributed by atoms with Crippen LogP contribution in [-0.4, -0.2) is 25.3 Å². The van der Waals surface area contributed by atoms with Crippen LogP contribution in [0.1, 0.15) is 26.7 Å². The first-order valence-electron chi connectivity index (χ1n) is 3.88. The normalized spacial score (nSPS) is 12.0. The molecule has 10 heavy (non-hydrogen) atoms. The molecule has 2 heteroatoms. The largest absolute Gasteiger partial charge is 0.396 e. The molecule has 0 fully saturated rings. The number of hydrogen-bond donors (Lipinski definition) is 2. The topological polar surface area (TPSA) is 32.3 Å². The maximum absolute atomic E-state index is 8.87. The molecule has 0 aliphatic carbocycles. The molecule has 0 aliphatic rings. The minimum absolute atomic E-state index is 0.108. The highest BCUT2D eigenvalue weighted by Gasteiger charge is 2.14. The number of aliphatic hydroxyl groups excluding tert-OH is 1. The molecule has 0 aromatic heterocycles. The molecule has 0 saturated heterocycles. The zero-order chi connectivity index (χ0) is 8.04. The van der Waals surface area contributed by atoms with Gasteiger partial charge in [0, 0.05) is 6.61 Å². The summed E-state index contributed by atoms with van der Waals surface area (Å²) in [6.07, 6.45) is 2.23. The Balaban J connectivity index is 3.28. The van der Waals surface area contributed by atoms with Crippen LogP contribution in [0.4, 0.5) is 0 Å². The van der Waals surface area contributed by atoms with E-state index in [1.807, 2.05) is 7.05 Å². The maximum Gasteiger partial charge on any atom is 0.0482 e. The summed E-state index contributed by atoms with van der Waals surface area (Å²) in [4.78, 5) is 0. The van der Waals surface area contributed by atoms with Gasteiger partial charge in [-0.15, -0.1) is 0 Å². The summed E-state index contributed by atoms with van der Waals surface area (Å²) in [6.45, 7) is 5.51. The minimum Gasteiger partial charge on any atom is -0.396 e. The third kappa shape index (κ3) is 4.77. The molecule has 0 saturated carbocycles. The lowest BCUT2D eigenvalue weighted by Crippen LogP contribution is -2.19. The Labute approximate surface area is 63.6 Å². The van der Waals surface area contributed by atoms with Crippen LogP contribution in [-0.2, 0) is 0 Å². The van der Waals surface area contributed by atoms with Crippen LogP contribution >= 0.6 is 0 Å². The minimum atomic E-state index is 0.108. The van der Waals surface area contributed by atoms with E-state index in [0.717, 1.165) is 19.4 Å². The lowest BCUT2D eigenvalue weighted by Gasteiger charge is -2.20. The van der Waals surface area contributed by atoms with Gasteiger partial charge in [0.2, 0.25) is 0 Å². The van der Waals surface area contributed by atoms with E-state index < -0.39 is 0 Å². The van der Waals surface area contributed by atoms with Crippen molar-refractivity contribution in [3.05, 3.63) is 0 Å². The van der Waals surface area contributed by atoms with Gasteiger partial charge in [0.05, 0.1) is 0 Å². The van der Waals surface area contributed by atoms with Gasteiger partial charge in [0.1, 0.15) is 0 Å². The van der Waals surface area contributed by atoms with Crippen molar-refractivity contribution in [2.45, 2.75) is 26.7 Å². The molecule has 0 heterocycles. The van der Waals surface area contributed by atoms with Crippen LogP contribution in [0.2, 0.25) is 0 Å². The standard InChI is InChI=1S/C8H19NO/c1-8(2,7-10)5-4-6-9-3/h9-10H,4-7H2,1-3H3. The highest BCUT2D eigenvalue weighted by atomic mass is 16.3. The van der Waals surface area contributed by atoms with E-state index in [4.69, 9.17) is 5.11 Å². The van der Waals surface area contributed by atoms with Gasteiger partial charge in [-0.3, -0.25) is 0 Å². The number of nitrogens with one attached hydrogen (secondary N) is 1. The SMILES string of the molecule is CNCCCC(C)(C)CO. The second kappa shape index (κ2) is 4.69. The molecule has 62 valence electrons. The quantitative estimate of drug-likeness (QED) is 0.566. The number of hydrogen-bond acceptors (Lipinski definition) is 2. The summed E-state index contributed by atoms with van der Waals surface area (Å²) in [6, 6.07) is 0. The van der Waals surface area contributed by atoms with E-state index >= 15 is 0 Å². The Morgan fingerprint density at radius 1 is 1.40 bits per heavy atom. The van der Waals surface area contributed by atoms with Crippen LogP contribution in [0.5, 0.6) is 0 Å². The van der Waals surface area contributed by atoms with Gasteiger partial charge in [0.25, 0.3) is 0 Å². The van der Waals surface area contributed by atoms with Gasteiger partial charge in [-0.05, 0) is 31.8 Å². The highest BCUT2D eigenvalue weighted by molar-refractivity contribution is 4.66. The van der Waals surface area contributed by atoms with Crippen LogP contribution in [0, 0.1) is 5.41 Å². The predicted octanol–water partition coefficient (Wildman–Crippen LogP) is 1.00. The summed E-state index contributed by atoms with van der Waals surface area (Å²) in [5.74, 6) is 0. The summed E-state index contributed by atoms with van der Waals surface area (Å²) < 4.78 is 0. The second-order valence-corrected chi connectivity index (χ2v) is 3.53. The summed E-state index contributed by atoms with van der Waals surface area (Å²) in [5.41, 5.74) is 0.108. The first-order valence-corrected chi connectivity index (χ1v) is 3.88. The van der Waals surface area contributed by atoms with Crippen LogP contribution in [0.15, 0.2) is 0 Å². The van der Waals surface area contributed by atoms with Gasteiger partial charge in [0.15, 0.2) is 0 Å². The molecule has 0 radical (unpaired) electrons. The van der Waals surface area contributed by atoms with Crippen molar-refractivity contribution in [1.29, 1.82) is 0 Å². The number of aliphatic hydroxyl groups is 1. The van der Waals surface area contributed by atoms with Gasteiger partial charge in [-0.2, -0.15) is 0 Å². The Morgan fingerprint density at radius 3 is 2.40 bits per heavy atom. The fourth-order valence-electron chi connectivity index (χ4n) is 0.823. The van der Waals surface area contributed by atoms with E-state index in [2.05, 4.69) is 19.2 Å². The van der Waals surface area contributed by atoms with Gasteiger partial charge in [-0.1, -0.05) is 13.8 Å². The smallest absolute Gasteiger partial charge is 0.0482 e. The Bertz CT molecular complexity index is 81.3. The van der Waals surface area contributed by atoms with E-state index in [1.54, 1.807) is 0 Å². The van der Waals surface area contributed by atoms with Gasteiger partial charge < -0.3 is 10.4 Å². The van der Waals surface area contributed by atoms with Crippen molar-refractivity contribution in [3.63, 3.8) is 0 Å². The lowest BCUT2D eigenvalue weighted by molar-refractivity contribution is 0.148. The van der Waals surface area contributed by atoms with Crippen molar-refractivity contribution in [3.8, 4) is 0 Å². The molecule has 2 nitrogen and oxygen atoms in total. The highest BCUT2D eigenvalue weighted by Crippen LogP contribution is 2.20. The second-order valence-electron chi connectivity index (χ2n) is 3.53. The summed E-state index contributed by atoms with van der Waals surface area (Å²) in [7, 11) is 1.95. The predicted molar refractivity (Wildman–Crippen MR) is 44.0 cm³/mol. The molecular formula is C8H19NO. The fourth-order valence-corrected chi connectivity index (χ4v) is 0.823. The van der Waals surface area contributed by atoms with Crippen LogP contribution in [0.3, 0.4) is 0 Å². The van der Waals surface area contributed by atoms with Crippen LogP contribution in [0.25, 0.3) is 0 Å². The van der Waals surface area contributed by atoms with Crippen molar-refractivity contribution in [2.24, 2.45) is 5.41 Å². The zero-order valence-corrected chi connectivity index (χ0v) is 7.28. The lowest BCUT2D eigenvalue weighted by atomic mass is 9.89. The molecule has 0 unspecified atom stereocenters. The third-order valence-corrected chi connectivity index (χ3v) is 1.71. The Hall–Kier alpha value is -0.0800. The van der Waals surface area contributed by atoms with E-state index in [-0.39, 0.29) is 12.0 Å². The van der Waals surface area contributed by atoms with Crippen molar-refractivity contribution >= 4 is 0 Å². The first-order chi connectivity index (χ1) is 4.62. The molecule has 0 aromatic rings. The maximum atomic E-state index is 8.87. The average molecular weight is 145 g/mol. The molecule has 0 atom stereocenters. The fraction of sp³-hybridized carbons (Fsp3) is 1.00. The molecule has 0 spiro atoms. The average Bonchev–Trinajstić information content (AvgIpc) is 1.89. The monoisotopic (exact) mass is 145 g/mol. The first kappa shape index (κ1) is 9.92.